The molecule has 1 atom stereocenters. The van der Waals surface area contributed by atoms with Crippen molar-refractivity contribution in [2.24, 2.45) is 0 Å². The van der Waals surface area contributed by atoms with Crippen molar-refractivity contribution in [2.75, 3.05) is 20.6 Å². The van der Waals surface area contributed by atoms with Crippen molar-refractivity contribution in [3.63, 3.8) is 0 Å². The number of sulfonamides is 1. The van der Waals surface area contributed by atoms with Crippen molar-refractivity contribution in [3.8, 4) is 0 Å². The van der Waals surface area contributed by atoms with Crippen LogP contribution in [-0.2, 0) is 10.0 Å². The van der Waals surface area contributed by atoms with E-state index >= 15 is 0 Å². The summed E-state index contributed by atoms with van der Waals surface area (Å²) < 4.78 is 39.8. The van der Waals surface area contributed by atoms with E-state index in [2.05, 4.69) is 4.72 Å². The van der Waals surface area contributed by atoms with Gasteiger partial charge < -0.3 is 4.90 Å². The largest absolute Gasteiger partial charge is 0.308 e. The Balaban J connectivity index is 2.99. The summed E-state index contributed by atoms with van der Waals surface area (Å²) >= 11 is 0. The van der Waals surface area contributed by atoms with Crippen LogP contribution in [0.25, 0.3) is 0 Å². The van der Waals surface area contributed by atoms with Gasteiger partial charge in [-0.15, -0.1) is 0 Å². The van der Waals surface area contributed by atoms with Gasteiger partial charge in [-0.25, -0.2) is 13.1 Å². The molecular weight excluding hydrogens is 289 g/mol. The maximum absolute atomic E-state index is 13.4. The van der Waals surface area contributed by atoms with Gasteiger partial charge in [-0.05, 0) is 27.1 Å². The normalized spacial score (nSPS) is 13.4. The Morgan fingerprint density at radius 1 is 1.45 bits per heavy atom. The van der Waals surface area contributed by atoms with E-state index in [-0.39, 0.29) is 10.9 Å². The van der Waals surface area contributed by atoms with Crippen LogP contribution in [0.2, 0.25) is 0 Å². The van der Waals surface area contributed by atoms with Crippen LogP contribution in [0.1, 0.15) is 6.92 Å². The number of nitrogens with one attached hydrogen (secondary N) is 1. The standard InChI is InChI=1S/C11H16FN3O4S/c1-8(7-14(2)3)13-20(18,19)9-4-5-11(15(16)17)10(12)6-9/h4-6,8,13H,7H2,1-3H3. The van der Waals surface area contributed by atoms with E-state index in [1.54, 1.807) is 25.9 Å². The van der Waals surface area contributed by atoms with Crippen LogP contribution in [-0.4, -0.2) is 44.9 Å². The molecule has 0 saturated heterocycles. The molecule has 0 spiro atoms. The van der Waals surface area contributed by atoms with Crippen LogP contribution in [0.15, 0.2) is 23.1 Å². The molecule has 1 unspecified atom stereocenters. The number of likely N-dealkylation sites (N-methyl/N-ethyl adjacent to an activating group) is 1. The topological polar surface area (TPSA) is 92.6 Å². The van der Waals surface area contributed by atoms with Crippen LogP contribution in [0.5, 0.6) is 0 Å². The first-order valence-electron chi connectivity index (χ1n) is 5.74. The fourth-order valence-corrected chi connectivity index (χ4v) is 2.97. The second-order valence-corrected chi connectivity index (χ2v) is 6.37. The minimum absolute atomic E-state index is 0.341. The summed E-state index contributed by atoms with van der Waals surface area (Å²) in [6.45, 7) is 2.13. The number of nitro groups is 1. The third-order valence-corrected chi connectivity index (χ3v) is 4.01. The Morgan fingerprint density at radius 2 is 2.05 bits per heavy atom. The Bertz CT molecular complexity index is 604. The van der Waals surface area contributed by atoms with Crippen LogP contribution in [0.4, 0.5) is 10.1 Å². The summed E-state index contributed by atoms with van der Waals surface area (Å²) in [5.74, 6) is -1.18. The average molecular weight is 305 g/mol. The number of halogens is 1. The molecule has 20 heavy (non-hydrogen) atoms. The van der Waals surface area contributed by atoms with Gasteiger partial charge in [0.05, 0.1) is 9.82 Å². The quantitative estimate of drug-likeness (QED) is 0.624. The summed E-state index contributed by atoms with van der Waals surface area (Å²) in [5, 5.41) is 10.5. The predicted molar refractivity (Wildman–Crippen MR) is 71.4 cm³/mol. The zero-order valence-electron chi connectivity index (χ0n) is 11.3. The Morgan fingerprint density at radius 3 is 2.50 bits per heavy atom. The van der Waals surface area contributed by atoms with Gasteiger partial charge in [0.1, 0.15) is 0 Å². The number of nitro benzene ring substituents is 1. The van der Waals surface area contributed by atoms with E-state index in [9.17, 15) is 22.9 Å². The molecule has 0 amide bonds. The van der Waals surface area contributed by atoms with Crippen molar-refractivity contribution in [1.82, 2.24) is 9.62 Å². The van der Waals surface area contributed by atoms with Crippen molar-refractivity contribution in [3.05, 3.63) is 34.1 Å². The summed E-state index contributed by atoms with van der Waals surface area (Å²) in [5.41, 5.74) is -0.759. The smallest absolute Gasteiger partial charge is 0.304 e. The molecule has 0 saturated carbocycles. The van der Waals surface area contributed by atoms with E-state index in [1.807, 2.05) is 0 Å². The highest BCUT2D eigenvalue weighted by Gasteiger charge is 2.22. The van der Waals surface area contributed by atoms with Gasteiger partial charge in [-0.1, -0.05) is 0 Å². The first-order valence-corrected chi connectivity index (χ1v) is 7.23. The molecule has 1 N–H and O–H groups in total. The highest BCUT2D eigenvalue weighted by atomic mass is 32.2. The number of hydrogen-bond donors (Lipinski definition) is 1. The molecule has 0 radical (unpaired) electrons. The van der Waals surface area contributed by atoms with Gasteiger partial charge in [0.25, 0.3) is 0 Å². The lowest BCUT2D eigenvalue weighted by molar-refractivity contribution is -0.387. The van der Waals surface area contributed by atoms with Crippen LogP contribution < -0.4 is 4.72 Å². The number of rotatable bonds is 6. The summed E-state index contributed by atoms with van der Waals surface area (Å²) in [4.78, 5) is 11.0. The van der Waals surface area contributed by atoms with Crippen molar-refractivity contribution in [2.45, 2.75) is 17.9 Å². The van der Waals surface area contributed by atoms with Crippen molar-refractivity contribution in [1.29, 1.82) is 0 Å². The van der Waals surface area contributed by atoms with Crippen LogP contribution in [0.3, 0.4) is 0 Å². The van der Waals surface area contributed by atoms with Crippen molar-refractivity contribution < 1.29 is 17.7 Å². The molecule has 1 rings (SSSR count). The van der Waals surface area contributed by atoms with E-state index < -0.39 is 26.5 Å². The third kappa shape index (κ3) is 4.22. The van der Waals surface area contributed by atoms with Gasteiger partial charge in [-0.2, -0.15) is 4.39 Å². The SMILES string of the molecule is CC(CN(C)C)NS(=O)(=O)c1ccc([N+](=O)[O-])c(F)c1. The number of benzene rings is 1. The molecule has 1 aromatic rings. The number of nitrogens with zero attached hydrogens (tertiary/aromatic N) is 2. The summed E-state index contributed by atoms with van der Waals surface area (Å²) in [7, 11) is -0.333. The minimum atomic E-state index is -3.91. The van der Waals surface area contributed by atoms with Gasteiger partial charge >= 0.3 is 5.69 Å². The lowest BCUT2D eigenvalue weighted by Gasteiger charge is -2.18. The zero-order chi connectivity index (χ0) is 15.5. The predicted octanol–water partition coefficient (Wildman–Crippen LogP) is 0.962. The average Bonchev–Trinajstić information content (AvgIpc) is 2.25. The van der Waals surface area contributed by atoms with Crippen molar-refractivity contribution >= 4 is 15.7 Å². The Kier molecular flexibility index (Phi) is 5.15. The second-order valence-electron chi connectivity index (χ2n) is 4.65. The van der Waals surface area contributed by atoms with Gasteiger partial charge in [0.15, 0.2) is 0 Å². The molecule has 0 aromatic heterocycles. The Labute approximate surface area is 116 Å². The maximum Gasteiger partial charge on any atom is 0.304 e. The molecular formula is C11H16FN3O4S. The van der Waals surface area contributed by atoms with Crippen LogP contribution >= 0.6 is 0 Å². The lowest BCUT2D eigenvalue weighted by Crippen LogP contribution is -2.39. The highest BCUT2D eigenvalue weighted by Crippen LogP contribution is 2.20. The lowest BCUT2D eigenvalue weighted by atomic mass is 10.3. The molecule has 0 fully saturated rings. The van der Waals surface area contributed by atoms with Gasteiger partial charge in [0, 0.05) is 24.7 Å². The molecule has 0 heterocycles. The summed E-state index contributed by atoms with van der Waals surface area (Å²) in [6.07, 6.45) is 0. The highest BCUT2D eigenvalue weighted by molar-refractivity contribution is 7.89. The molecule has 9 heteroatoms. The zero-order valence-corrected chi connectivity index (χ0v) is 12.1. The first-order chi connectivity index (χ1) is 9.13. The minimum Gasteiger partial charge on any atom is -0.308 e. The third-order valence-electron chi connectivity index (χ3n) is 2.42. The van der Waals surface area contributed by atoms with Gasteiger partial charge in [0.2, 0.25) is 15.8 Å². The fraction of sp³-hybridized carbons (Fsp3) is 0.455. The molecule has 7 nitrogen and oxygen atoms in total. The molecule has 0 aliphatic rings. The van der Waals surface area contributed by atoms with Crippen LogP contribution in [0, 0.1) is 15.9 Å². The molecule has 0 aliphatic carbocycles. The Hall–Kier alpha value is -1.58. The first kappa shape index (κ1) is 16.5. The molecule has 0 aliphatic heterocycles. The fourth-order valence-electron chi connectivity index (χ4n) is 1.72. The summed E-state index contributed by atoms with van der Waals surface area (Å²) in [6, 6.07) is 2.10. The molecule has 1 aromatic carbocycles. The van der Waals surface area contributed by atoms with E-state index in [1.165, 1.54) is 0 Å². The van der Waals surface area contributed by atoms with E-state index in [0.717, 1.165) is 12.1 Å². The molecule has 112 valence electrons. The maximum atomic E-state index is 13.4. The second kappa shape index (κ2) is 6.25. The number of hydrogen-bond acceptors (Lipinski definition) is 5. The van der Waals surface area contributed by atoms with Gasteiger partial charge in [-0.3, -0.25) is 10.1 Å². The molecule has 0 bridgehead atoms. The monoisotopic (exact) mass is 305 g/mol. The van der Waals surface area contributed by atoms with E-state index in [4.69, 9.17) is 0 Å². The van der Waals surface area contributed by atoms with E-state index in [0.29, 0.717) is 12.6 Å².